The number of aromatic nitrogens is 2. The molecule has 64 heavy (non-hydrogen) atoms. The lowest BCUT2D eigenvalue weighted by atomic mass is 10.0. The number of anilines is 3. The molecule has 0 aliphatic carbocycles. The average molecular weight is 886 g/mol. The van der Waals surface area contributed by atoms with E-state index in [1.54, 1.807) is 55.6 Å². The average Bonchev–Trinajstić information content (AvgIpc) is 3.62. The third kappa shape index (κ3) is 11.6. The second-order valence-electron chi connectivity index (χ2n) is 15.9. The van der Waals surface area contributed by atoms with Crippen molar-refractivity contribution in [1.82, 2.24) is 30.8 Å². The molecule has 1 fully saturated rings. The molecule has 4 heterocycles. The number of hydrogen-bond acceptors (Lipinski definition) is 14. The molecule has 19 nitrogen and oxygen atoms in total. The molecule has 1 saturated heterocycles. The highest BCUT2D eigenvalue weighted by Crippen LogP contribution is 2.36. The zero-order valence-electron chi connectivity index (χ0n) is 37.2. The van der Waals surface area contributed by atoms with Gasteiger partial charge in [-0.25, -0.2) is 9.97 Å². The van der Waals surface area contributed by atoms with Crippen LogP contribution < -0.4 is 35.8 Å². The standard InChI is InChI=1S/C45H59N9O10/c1-6-34-45(60)52(4)36-26-48-38(50-41(36)54(34)28(2)3)25-29-10-11-30(24-37(29)61-5)42(57)47-17-19-63-21-23-64-22-20-62-18-16-46-15-14-40(56)49-33-9-7-8-31-32(33)27-53(44(31)59)35-12-13-39(55)51-43(35)58/h7-11,24,26,28,34-35,46H,6,12-23,25,27H2,1-5H3,(H,47,57)(H,49,56)(H,51,55,58)/t34-,35?/m1/s1. The van der Waals surface area contributed by atoms with E-state index in [-0.39, 0.29) is 67.4 Å². The summed E-state index contributed by atoms with van der Waals surface area (Å²) in [6, 6.07) is 9.41. The molecular formula is C45H59N9O10. The number of ether oxygens (including phenoxy) is 4. The van der Waals surface area contributed by atoms with Crippen molar-refractivity contribution < 1.29 is 47.7 Å². The molecule has 6 amide bonds. The van der Waals surface area contributed by atoms with Crippen LogP contribution in [0.4, 0.5) is 17.2 Å². The molecule has 0 saturated carbocycles. The molecule has 4 N–H and O–H groups in total. The van der Waals surface area contributed by atoms with E-state index in [2.05, 4.69) is 31.2 Å². The van der Waals surface area contributed by atoms with Crippen LogP contribution in [0.5, 0.6) is 5.75 Å². The molecule has 3 aromatic rings. The van der Waals surface area contributed by atoms with Gasteiger partial charge < -0.3 is 49.6 Å². The predicted octanol–water partition coefficient (Wildman–Crippen LogP) is 2.20. The van der Waals surface area contributed by atoms with Crippen molar-refractivity contribution in [2.75, 3.05) is 88.5 Å². The number of fused-ring (bicyclic) bond motifs is 2. The molecule has 1 aromatic heterocycles. The molecule has 3 aliphatic heterocycles. The quantitative estimate of drug-likeness (QED) is 0.0793. The topological polar surface area (TPSA) is 223 Å². The number of likely N-dealkylation sites (N-methyl/N-ethyl adjacent to an activating group) is 1. The summed E-state index contributed by atoms with van der Waals surface area (Å²) in [6.45, 7) is 9.79. The first-order valence-corrected chi connectivity index (χ1v) is 21.8. The fourth-order valence-corrected chi connectivity index (χ4v) is 7.97. The Morgan fingerprint density at radius 1 is 0.953 bits per heavy atom. The van der Waals surface area contributed by atoms with Gasteiger partial charge >= 0.3 is 0 Å². The summed E-state index contributed by atoms with van der Waals surface area (Å²) < 4.78 is 22.4. The third-order valence-electron chi connectivity index (χ3n) is 11.3. The van der Waals surface area contributed by atoms with Crippen LogP contribution in [0.2, 0.25) is 0 Å². The van der Waals surface area contributed by atoms with Crippen LogP contribution in [-0.4, -0.2) is 142 Å². The van der Waals surface area contributed by atoms with Gasteiger partial charge in [0.05, 0.1) is 52.9 Å². The minimum Gasteiger partial charge on any atom is -0.496 e. The van der Waals surface area contributed by atoms with E-state index < -0.39 is 11.9 Å². The Morgan fingerprint density at radius 3 is 2.39 bits per heavy atom. The highest BCUT2D eigenvalue weighted by Gasteiger charge is 2.40. The lowest BCUT2D eigenvalue weighted by molar-refractivity contribution is -0.137. The van der Waals surface area contributed by atoms with Crippen molar-refractivity contribution >= 4 is 52.6 Å². The van der Waals surface area contributed by atoms with E-state index in [9.17, 15) is 28.8 Å². The van der Waals surface area contributed by atoms with Crippen LogP contribution in [0.15, 0.2) is 42.6 Å². The second-order valence-corrected chi connectivity index (χ2v) is 15.9. The Bertz CT molecular complexity index is 2190. The molecule has 0 radical (unpaired) electrons. The van der Waals surface area contributed by atoms with Crippen LogP contribution in [0, 0.1) is 0 Å². The van der Waals surface area contributed by atoms with Gasteiger partial charge in [-0.2, -0.15) is 0 Å². The van der Waals surface area contributed by atoms with E-state index in [0.717, 1.165) is 11.4 Å². The number of piperidine rings is 1. The first-order chi connectivity index (χ1) is 30.9. The lowest BCUT2D eigenvalue weighted by Gasteiger charge is -2.42. The molecule has 3 aliphatic rings. The van der Waals surface area contributed by atoms with Gasteiger partial charge in [0.25, 0.3) is 11.8 Å². The van der Waals surface area contributed by atoms with Crippen molar-refractivity contribution in [1.29, 1.82) is 0 Å². The number of nitrogens with zero attached hydrogens (tertiary/aromatic N) is 5. The summed E-state index contributed by atoms with van der Waals surface area (Å²) >= 11 is 0. The Morgan fingerprint density at radius 2 is 1.69 bits per heavy atom. The Labute approximate surface area is 372 Å². The number of hydrogen-bond donors (Lipinski definition) is 4. The molecule has 19 heteroatoms. The number of methoxy groups -OCH3 is 1. The zero-order chi connectivity index (χ0) is 45.8. The smallest absolute Gasteiger partial charge is 0.255 e. The van der Waals surface area contributed by atoms with Crippen molar-refractivity contribution in [2.24, 2.45) is 0 Å². The maximum absolute atomic E-state index is 13.0. The summed E-state index contributed by atoms with van der Waals surface area (Å²) in [4.78, 5) is 90.2. The SMILES string of the molecule is CC[C@@H]1C(=O)N(C)c2cnc(Cc3ccc(C(=O)NCCOCCOCCOCCNCCC(=O)Nc4cccc5c4CN(C4CCC(=O)NC4=O)C5=O)cc3OC)nc2N1C(C)C. The number of benzene rings is 2. The molecule has 6 rings (SSSR count). The first-order valence-electron chi connectivity index (χ1n) is 21.8. The predicted molar refractivity (Wildman–Crippen MR) is 236 cm³/mol. The van der Waals surface area contributed by atoms with Crippen LogP contribution in [0.3, 0.4) is 0 Å². The van der Waals surface area contributed by atoms with E-state index in [1.807, 2.05) is 26.8 Å². The molecule has 2 aromatic carbocycles. The van der Waals surface area contributed by atoms with Gasteiger partial charge in [0.1, 0.15) is 29.3 Å². The summed E-state index contributed by atoms with van der Waals surface area (Å²) in [6.07, 6.45) is 3.38. The maximum atomic E-state index is 13.0. The van der Waals surface area contributed by atoms with Crippen LogP contribution in [0.25, 0.3) is 0 Å². The van der Waals surface area contributed by atoms with Gasteiger partial charge in [-0.1, -0.05) is 19.1 Å². The Balaban J connectivity index is 0.796. The van der Waals surface area contributed by atoms with Crippen LogP contribution in [-0.2, 0) is 46.4 Å². The van der Waals surface area contributed by atoms with Gasteiger partial charge in [-0.15, -0.1) is 0 Å². The molecular weight excluding hydrogens is 827 g/mol. The van der Waals surface area contributed by atoms with E-state index in [0.29, 0.717) is 112 Å². The number of amides is 6. The van der Waals surface area contributed by atoms with E-state index in [4.69, 9.17) is 23.9 Å². The highest BCUT2D eigenvalue weighted by atomic mass is 16.5. The van der Waals surface area contributed by atoms with Gasteiger partial charge in [0.2, 0.25) is 23.6 Å². The summed E-state index contributed by atoms with van der Waals surface area (Å²) in [7, 11) is 3.31. The van der Waals surface area contributed by atoms with Gasteiger partial charge in [0, 0.05) is 86.5 Å². The van der Waals surface area contributed by atoms with Crippen LogP contribution >= 0.6 is 0 Å². The monoisotopic (exact) mass is 885 g/mol. The maximum Gasteiger partial charge on any atom is 0.255 e. The Hall–Kier alpha value is -6.02. The fourth-order valence-electron chi connectivity index (χ4n) is 7.97. The third-order valence-corrected chi connectivity index (χ3v) is 11.3. The zero-order valence-corrected chi connectivity index (χ0v) is 37.2. The van der Waals surface area contributed by atoms with Crippen molar-refractivity contribution in [3.8, 4) is 5.75 Å². The van der Waals surface area contributed by atoms with Crippen molar-refractivity contribution in [2.45, 2.75) is 77.5 Å². The van der Waals surface area contributed by atoms with E-state index >= 15 is 0 Å². The van der Waals surface area contributed by atoms with Gasteiger partial charge in [-0.3, -0.25) is 34.1 Å². The Kier molecular flexibility index (Phi) is 16.7. The minimum absolute atomic E-state index is 0.0249. The summed E-state index contributed by atoms with van der Waals surface area (Å²) in [5.74, 6) is 0.272. The van der Waals surface area contributed by atoms with Crippen molar-refractivity contribution in [3.63, 3.8) is 0 Å². The molecule has 1 unspecified atom stereocenters. The van der Waals surface area contributed by atoms with Gasteiger partial charge in [-0.05, 0) is 51.0 Å². The number of nitrogens with one attached hydrogen (secondary N) is 4. The summed E-state index contributed by atoms with van der Waals surface area (Å²) in [5, 5.41) is 11.2. The largest absolute Gasteiger partial charge is 0.496 e. The number of imide groups is 1. The number of carbonyl (C=O) groups excluding carboxylic acids is 6. The molecule has 0 bridgehead atoms. The van der Waals surface area contributed by atoms with Gasteiger partial charge in [0.15, 0.2) is 5.82 Å². The van der Waals surface area contributed by atoms with E-state index in [1.165, 1.54) is 4.90 Å². The fraction of sp³-hybridized carbons (Fsp3) is 0.511. The molecule has 2 atom stereocenters. The lowest BCUT2D eigenvalue weighted by Crippen LogP contribution is -2.55. The van der Waals surface area contributed by atoms with Crippen molar-refractivity contribution in [3.05, 3.63) is 70.7 Å². The molecule has 344 valence electrons. The van der Waals surface area contributed by atoms with Crippen LogP contribution in [0.1, 0.15) is 84.1 Å². The number of carbonyl (C=O) groups is 6. The summed E-state index contributed by atoms with van der Waals surface area (Å²) in [5.41, 5.74) is 3.56. The second kappa shape index (κ2) is 22.6. The first kappa shape index (κ1) is 47.5. The minimum atomic E-state index is -0.725. The number of rotatable bonds is 23. The normalized spacial score (nSPS) is 17.1. The highest BCUT2D eigenvalue weighted by molar-refractivity contribution is 6.07. The molecule has 0 spiro atoms.